The number of benzene rings is 2. The molecule has 0 unspecified atom stereocenters. The molecule has 1 aliphatic carbocycles. The van der Waals surface area contributed by atoms with Gasteiger partial charge in [0, 0.05) is 24.5 Å². The monoisotopic (exact) mass is 376 g/mol. The Morgan fingerprint density at radius 3 is 2.50 bits per heavy atom. The molecule has 0 radical (unpaired) electrons. The first-order valence-corrected chi connectivity index (χ1v) is 10.3. The quantitative estimate of drug-likeness (QED) is 0.807. The van der Waals surface area contributed by atoms with Gasteiger partial charge in [-0.15, -0.1) is 0 Å². The van der Waals surface area contributed by atoms with Gasteiger partial charge in [0.05, 0.1) is 11.4 Å². The van der Waals surface area contributed by atoms with Crippen molar-refractivity contribution in [3.8, 4) is 0 Å². The average molecular weight is 376 g/mol. The van der Waals surface area contributed by atoms with Crippen LogP contribution in [0.25, 0.3) is 0 Å². The van der Waals surface area contributed by atoms with Crippen LogP contribution < -0.4 is 5.32 Å². The first-order valence-electron chi connectivity index (χ1n) is 8.40. The summed E-state index contributed by atoms with van der Waals surface area (Å²) < 4.78 is 36.3. The second-order valence-corrected chi connectivity index (χ2v) is 8.63. The van der Waals surface area contributed by atoms with E-state index >= 15 is 0 Å². The van der Waals surface area contributed by atoms with Crippen molar-refractivity contribution in [3.63, 3.8) is 0 Å². The highest BCUT2D eigenvalue weighted by Gasteiger charge is 2.30. The molecule has 2 aromatic carbocycles. The van der Waals surface area contributed by atoms with Crippen molar-refractivity contribution < 1.29 is 17.6 Å². The van der Waals surface area contributed by atoms with Gasteiger partial charge in [-0.1, -0.05) is 18.2 Å². The maximum Gasteiger partial charge on any atom is 0.238 e. The normalized spacial score (nSPS) is 14.4. The largest absolute Gasteiger partial charge is 0.325 e. The lowest BCUT2D eigenvalue weighted by Gasteiger charge is -2.21. The summed E-state index contributed by atoms with van der Waals surface area (Å²) in [4.78, 5) is 14.6. The molecule has 138 valence electrons. The molecule has 2 aromatic rings. The van der Waals surface area contributed by atoms with E-state index < -0.39 is 9.84 Å². The predicted molar refractivity (Wildman–Crippen MR) is 98.0 cm³/mol. The number of carbonyl (C=O) groups is 1. The fourth-order valence-electron chi connectivity index (χ4n) is 2.77. The third kappa shape index (κ3) is 5.12. The van der Waals surface area contributed by atoms with E-state index in [4.69, 9.17) is 0 Å². The Labute approximate surface area is 152 Å². The molecule has 7 heteroatoms. The lowest BCUT2D eigenvalue weighted by atomic mass is 10.2. The van der Waals surface area contributed by atoms with Crippen LogP contribution in [0.4, 0.5) is 10.1 Å². The maximum atomic E-state index is 13.0. The molecule has 1 fully saturated rings. The van der Waals surface area contributed by atoms with Gasteiger partial charge in [0.25, 0.3) is 0 Å². The van der Waals surface area contributed by atoms with Crippen LogP contribution in [-0.4, -0.2) is 38.1 Å². The summed E-state index contributed by atoms with van der Waals surface area (Å²) in [6, 6.07) is 12.8. The highest BCUT2D eigenvalue weighted by atomic mass is 32.2. The number of carbonyl (C=O) groups excluding carboxylic acids is 1. The number of nitrogens with zero attached hydrogens (tertiary/aromatic N) is 1. The number of halogens is 1. The molecule has 0 atom stereocenters. The van der Waals surface area contributed by atoms with Gasteiger partial charge in [0.2, 0.25) is 5.91 Å². The molecule has 1 amide bonds. The second kappa shape index (κ2) is 7.55. The number of hydrogen-bond donors (Lipinski definition) is 1. The highest BCUT2D eigenvalue weighted by molar-refractivity contribution is 7.90. The third-order valence-corrected chi connectivity index (χ3v) is 5.37. The number of sulfone groups is 1. The van der Waals surface area contributed by atoms with E-state index in [2.05, 4.69) is 10.2 Å². The van der Waals surface area contributed by atoms with Gasteiger partial charge in [-0.05, 0) is 48.7 Å². The highest BCUT2D eigenvalue weighted by Crippen LogP contribution is 2.28. The number of hydrogen-bond acceptors (Lipinski definition) is 4. The SMILES string of the molecule is CS(=O)(=O)c1cccc(NC(=O)CN(Cc2ccc(F)cc2)C2CC2)c1. The van der Waals surface area contributed by atoms with Gasteiger partial charge < -0.3 is 5.32 Å². The van der Waals surface area contributed by atoms with E-state index in [0.29, 0.717) is 18.3 Å². The zero-order chi connectivity index (χ0) is 18.7. The standard InChI is InChI=1S/C19H21FN2O3S/c1-26(24,25)18-4-2-3-16(11-18)21-19(23)13-22(17-9-10-17)12-14-5-7-15(20)8-6-14/h2-8,11,17H,9-10,12-13H2,1H3,(H,21,23). The van der Waals surface area contributed by atoms with Crippen molar-refractivity contribution in [1.29, 1.82) is 0 Å². The smallest absolute Gasteiger partial charge is 0.238 e. The molecular formula is C19H21FN2O3S. The second-order valence-electron chi connectivity index (χ2n) is 6.61. The van der Waals surface area contributed by atoms with E-state index in [0.717, 1.165) is 24.7 Å². The zero-order valence-electron chi connectivity index (χ0n) is 14.5. The van der Waals surface area contributed by atoms with Gasteiger partial charge in [-0.2, -0.15) is 0 Å². The van der Waals surface area contributed by atoms with Gasteiger partial charge in [-0.25, -0.2) is 12.8 Å². The molecule has 0 bridgehead atoms. The van der Waals surface area contributed by atoms with E-state index in [1.807, 2.05) is 0 Å². The Bertz CT molecular complexity index is 893. The fraction of sp³-hybridized carbons (Fsp3) is 0.316. The Hall–Kier alpha value is -2.25. The molecule has 3 rings (SSSR count). The Morgan fingerprint density at radius 1 is 1.19 bits per heavy atom. The van der Waals surface area contributed by atoms with Crippen molar-refractivity contribution in [2.24, 2.45) is 0 Å². The van der Waals surface area contributed by atoms with Gasteiger partial charge in [0.1, 0.15) is 5.82 Å². The lowest BCUT2D eigenvalue weighted by Crippen LogP contribution is -2.34. The molecule has 26 heavy (non-hydrogen) atoms. The number of anilines is 1. The summed E-state index contributed by atoms with van der Waals surface area (Å²) in [6.07, 6.45) is 3.21. The topological polar surface area (TPSA) is 66.5 Å². The minimum absolute atomic E-state index is 0.167. The van der Waals surface area contributed by atoms with Crippen molar-refractivity contribution in [2.45, 2.75) is 30.3 Å². The minimum Gasteiger partial charge on any atom is -0.325 e. The summed E-state index contributed by atoms with van der Waals surface area (Å²) in [7, 11) is -3.32. The number of nitrogens with one attached hydrogen (secondary N) is 1. The molecule has 0 aliphatic heterocycles. The Kier molecular flexibility index (Phi) is 5.38. The van der Waals surface area contributed by atoms with Crippen molar-refractivity contribution in [3.05, 3.63) is 59.9 Å². The molecular weight excluding hydrogens is 355 g/mol. The first kappa shape index (κ1) is 18.5. The van der Waals surface area contributed by atoms with Gasteiger partial charge >= 0.3 is 0 Å². The van der Waals surface area contributed by atoms with E-state index in [1.165, 1.54) is 24.3 Å². The number of amides is 1. The molecule has 1 N–H and O–H groups in total. The van der Waals surface area contributed by atoms with Gasteiger partial charge in [-0.3, -0.25) is 9.69 Å². The molecule has 0 aromatic heterocycles. The summed E-state index contributed by atoms with van der Waals surface area (Å²) in [5.74, 6) is -0.486. The van der Waals surface area contributed by atoms with Crippen LogP contribution in [0.15, 0.2) is 53.4 Å². The first-order chi connectivity index (χ1) is 12.3. The van der Waals surface area contributed by atoms with Crippen molar-refractivity contribution >= 4 is 21.4 Å². The molecule has 5 nitrogen and oxygen atoms in total. The van der Waals surface area contributed by atoms with Crippen molar-refractivity contribution in [1.82, 2.24) is 4.90 Å². The molecule has 0 spiro atoms. The summed E-state index contributed by atoms with van der Waals surface area (Å²) in [5, 5.41) is 2.76. The predicted octanol–water partition coefficient (Wildman–Crippen LogP) is 2.83. The van der Waals surface area contributed by atoms with Crippen LogP contribution in [0, 0.1) is 5.82 Å². The lowest BCUT2D eigenvalue weighted by molar-refractivity contribution is -0.117. The summed E-state index contributed by atoms with van der Waals surface area (Å²) in [6.45, 7) is 0.771. The summed E-state index contributed by atoms with van der Waals surface area (Å²) >= 11 is 0. The maximum absolute atomic E-state index is 13.0. The van der Waals surface area contributed by atoms with Crippen LogP contribution in [-0.2, 0) is 21.2 Å². The van der Waals surface area contributed by atoms with Crippen LogP contribution in [0.1, 0.15) is 18.4 Å². The van der Waals surface area contributed by atoms with E-state index in [9.17, 15) is 17.6 Å². The third-order valence-electron chi connectivity index (χ3n) is 4.25. The fourth-order valence-corrected chi connectivity index (χ4v) is 3.43. The zero-order valence-corrected chi connectivity index (χ0v) is 15.3. The Morgan fingerprint density at radius 2 is 1.88 bits per heavy atom. The Balaban J connectivity index is 1.64. The van der Waals surface area contributed by atoms with E-state index in [-0.39, 0.29) is 23.2 Å². The molecule has 0 heterocycles. The molecule has 1 aliphatic rings. The summed E-state index contributed by atoms with van der Waals surface area (Å²) in [5.41, 5.74) is 1.40. The minimum atomic E-state index is -3.32. The van der Waals surface area contributed by atoms with Crippen molar-refractivity contribution in [2.75, 3.05) is 18.1 Å². The van der Waals surface area contributed by atoms with Crippen LogP contribution in [0.3, 0.4) is 0 Å². The molecule has 1 saturated carbocycles. The number of rotatable bonds is 7. The average Bonchev–Trinajstić information content (AvgIpc) is 3.40. The van der Waals surface area contributed by atoms with Crippen LogP contribution in [0.5, 0.6) is 0 Å². The van der Waals surface area contributed by atoms with Crippen LogP contribution >= 0.6 is 0 Å². The van der Waals surface area contributed by atoms with Crippen LogP contribution in [0.2, 0.25) is 0 Å². The van der Waals surface area contributed by atoms with Gasteiger partial charge in [0.15, 0.2) is 9.84 Å². The van der Waals surface area contributed by atoms with E-state index in [1.54, 1.807) is 24.3 Å². The molecule has 0 saturated heterocycles.